The van der Waals surface area contributed by atoms with Gasteiger partial charge in [0.15, 0.2) is 0 Å². The zero-order valence-corrected chi connectivity index (χ0v) is 8.58. The summed E-state index contributed by atoms with van der Waals surface area (Å²) in [5.74, 6) is 0. The molecule has 0 N–H and O–H groups in total. The van der Waals surface area contributed by atoms with Crippen molar-refractivity contribution in [1.29, 1.82) is 0 Å². The van der Waals surface area contributed by atoms with Gasteiger partial charge in [-0.2, -0.15) is 0 Å². The molecule has 0 radical (unpaired) electrons. The normalized spacial score (nSPS) is 12.1. The van der Waals surface area contributed by atoms with Crippen LogP contribution in [0.4, 0.5) is 0 Å². The molecule has 0 heterocycles. The van der Waals surface area contributed by atoms with Crippen LogP contribution in [0.15, 0.2) is 49.1 Å². The topological polar surface area (TPSA) is 0 Å². The lowest BCUT2D eigenvalue weighted by Gasteiger charge is -1.85. The molecule has 0 amide bonds. The highest BCUT2D eigenvalue weighted by Crippen LogP contribution is 1.94. The van der Waals surface area contributed by atoms with E-state index in [1.807, 2.05) is 18.2 Å². The summed E-state index contributed by atoms with van der Waals surface area (Å²) in [5, 5.41) is 0. The SMILES string of the molecule is C=CC/C=C\C=CC=CCCCC. The third-order valence-electron chi connectivity index (χ3n) is 1.63. The summed E-state index contributed by atoms with van der Waals surface area (Å²) in [7, 11) is 0. The summed E-state index contributed by atoms with van der Waals surface area (Å²) in [4.78, 5) is 0. The molecule has 0 atom stereocenters. The van der Waals surface area contributed by atoms with Gasteiger partial charge in [-0.15, -0.1) is 6.58 Å². The van der Waals surface area contributed by atoms with E-state index in [0.717, 1.165) is 6.42 Å². The first-order chi connectivity index (χ1) is 6.41. The Balaban J connectivity index is 3.39. The maximum atomic E-state index is 3.64. The quantitative estimate of drug-likeness (QED) is 0.306. The van der Waals surface area contributed by atoms with E-state index in [4.69, 9.17) is 0 Å². The largest absolute Gasteiger partial charge is 0.103 e. The van der Waals surface area contributed by atoms with E-state index in [-0.39, 0.29) is 0 Å². The highest BCUT2D eigenvalue weighted by Gasteiger charge is 1.74. The molecular formula is C13H20. The van der Waals surface area contributed by atoms with Gasteiger partial charge < -0.3 is 0 Å². The van der Waals surface area contributed by atoms with Gasteiger partial charge in [-0.3, -0.25) is 0 Å². The van der Waals surface area contributed by atoms with Crippen LogP contribution < -0.4 is 0 Å². The van der Waals surface area contributed by atoms with Gasteiger partial charge >= 0.3 is 0 Å². The molecule has 0 bridgehead atoms. The first-order valence-corrected chi connectivity index (χ1v) is 5.01. The standard InChI is InChI=1S/C13H20/c1-3-5-7-9-11-13-12-10-8-6-4-2/h3,7,9-13H,1,4-6,8H2,2H3/b9-7-,12-10?,13-11?. The van der Waals surface area contributed by atoms with E-state index in [1.54, 1.807) is 0 Å². The van der Waals surface area contributed by atoms with E-state index in [2.05, 4.69) is 37.8 Å². The Labute approximate surface area is 82.4 Å². The zero-order chi connectivity index (χ0) is 9.78. The molecule has 0 fully saturated rings. The van der Waals surface area contributed by atoms with Gasteiger partial charge in [-0.1, -0.05) is 62.3 Å². The zero-order valence-electron chi connectivity index (χ0n) is 8.58. The first kappa shape index (κ1) is 12.0. The van der Waals surface area contributed by atoms with Crippen LogP contribution in [0.25, 0.3) is 0 Å². The predicted molar refractivity (Wildman–Crippen MR) is 61.8 cm³/mol. The van der Waals surface area contributed by atoms with Crippen molar-refractivity contribution in [3.8, 4) is 0 Å². The Morgan fingerprint density at radius 1 is 1.00 bits per heavy atom. The van der Waals surface area contributed by atoms with Crippen LogP contribution in [0.3, 0.4) is 0 Å². The Kier molecular flexibility index (Phi) is 10.1. The van der Waals surface area contributed by atoms with Gasteiger partial charge in [0, 0.05) is 0 Å². The van der Waals surface area contributed by atoms with Gasteiger partial charge in [0.25, 0.3) is 0 Å². The second-order valence-electron chi connectivity index (χ2n) is 2.91. The second kappa shape index (κ2) is 11.0. The Bertz CT molecular complexity index is 182. The molecule has 0 nitrogen and oxygen atoms in total. The third-order valence-corrected chi connectivity index (χ3v) is 1.63. The van der Waals surface area contributed by atoms with E-state index >= 15 is 0 Å². The van der Waals surface area contributed by atoms with E-state index in [1.165, 1.54) is 19.3 Å². The fourth-order valence-electron chi connectivity index (χ4n) is 0.878. The molecule has 0 rings (SSSR count). The summed E-state index contributed by atoms with van der Waals surface area (Å²) in [6, 6.07) is 0. The van der Waals surface area contributed by atoms with E-state index < -0.39 is 0 Å². The summed E-state index contributed by atoms with van der Waals surface area (Å²) < 4.78 is 0. The average molecular weight is 176 g/mol. The van der Waals surface area contributed by atoms with Crippen LogP contribution in [0.1, 0.15) is 32.6 Å². The van der Waals surface area contributed by atoms with Gasteiger partial charge in [0.1, 0.15) is 0 Å². The van der Waals surface area contributed by atoms with Gasteiger partial charge in [0.05, 0.1) is 0 Å². The molecule has 0 aromatic carbocycles. The second-order valence-corrected chi connectivity index (χ2v) is 2.91. The Morgan fingerprint density at radius 3 is 2.31 bits per heavy atom. The maximum Gasteiger partial charge on any atom is -0.0169 e. The van der Waals surface area contributed by atoms with Crippen LogP contribution in [-0.2, 0) is 0 Å². The monoisotopic (exact) mass is 176 g/mol. The predicted octanol–water partition coefficient (Wildman–Crippen LogP) is 4.42. The lowest BCUT2D eigenvalue weighted by Crippen LogP contribution is -1.64. The van der Waals surface area contributed by atoms with Crippen LogP contribution in [0, 0.1) is 0 Å². The van der Waals surface area contributed by atoms with Crippen molar-refractivity contribution in [3.05, 3.63) is 49.1 Å². The average Bonchev–Trinajstić information content (AvgIpc) is 2.16. The van der Waals surface area contributed by atoms with Crippen molar-refractivity contribution in [2.45, 2.75) is 32.6 Å². The molecule has 72 valence electrons. The Hall–Kier alpha value is -1.04. The molecule has 0 aromatic rings. The number of allylic oxidation sites excluding steroid dienone is 7. The smallest absolute Gasteiger partial charge is 0.0169 e. The molecule has 0 spiro atoms. The van der Waals surface area contributed by atoms with Crippen molar-refractivity contribution in [3.63, 3.8) is 0 Å². The highest BCUT2D eigenvalue weighted by molar-refractivity contribution is 5.11. The summed E-state index contributed by atoms with van der Waals surface area (Å²) in [6.45, 7) is 5.85. The molecule has 0 aliphatic rings. The number of unbranched alkanes of at least 4 members (excludes halogenated alkanes) is 2. The summed E-state index contributed by atoms with van der Waals surface area (Å²) in [5.41, 5.74) is 0. The van der Waals surface area contributed by atoms with Crippen LogP contribution in [0.2, 0.25) is 0 Å². The molecule has 0 aliphatic heterocycles. The molecule has 0 aliphatic carbocycles. The molecule has 0 saturated heterocycles. The van der Waals surface area contributed by atoms with Crippen molar-refractivity contribution in [1.82, 2.24) is 0 Å². The molecular weight excluding hydrogens is 156 g/mol. The van der Waals surface area contributed by atoms with Crippen LogP contribution in [-0.4, -0.2) is 0 Å². The first-order valence-electron chi connectivity index (χ1n) is 5.01. The molecule has 0 unspecified atom stereocenters. The van der Waals surface area contributed by atoms with Gasteiger partial charge in [-0.25, -0.2) is 0 Å². The number of rotatable bonds is 7. The minimum atomic E-state index is 0.948. The summed E-state index contributed by atoms with van der Waals surface area (Å²) in [6.07, 6.45) is 19.2. The van der Waals surface area contributed by atoms with Crippen molar-refractivity contribution in [2.75, 3.05) is 0 Å². The number of hydrogen-bond acceptors (Lipinski definition) is 0. The van der Waals surface area contributed by atoms with E-state index in [9.17, 15) is 0 Å². The fourth-order valence-corrected chi connectivity index (χ4v) is 0.878. The molecule has 0 aromatic heterocycles. The van der Waals surface area contributed by atoms with Crippen LogP contribution >= 0.6 is 0 Å². The third kappa shape index (κ3) is 11.0. The van der Waals surface area contributed by atoms with Crippen LogP contribution in [0.5, 0.6) is 0 Å². The molecule has 0 heteroatoms. The lowest BCUT2D eigenvalue weighted by atomic mass is 10.2. The fraction of sp³-hybridized carbons (Fsp3) is 0.385. The minimum Gasteiger partial charge on any atom is -0.103 e. The highest BCUT2D eigenvalue weighted by atomic mass is 13.8. The van der Waals surface area contributed by atoms with Crippen molar-refractivity contribution >= 4 is 0 Å². The maximum absolute atomic E-state index is 3.64. The molecule has 0 saturated carbocycles. The molecule has 13 heavy (non-hydrogen) atoms. The van der Waals surface area contributed by atoms with Gasteiger partial charge in [-0.05, 0) is 12.8 Å². The summed E-state index contributed by atoms with van der Waals surface area (Å²) >= 11 is 0. The number of hydrogen-bond donors (Lipinski definition) is 0. The minimum absolute atomic E-state index is 0.948. The van der Waals surface area contributed by atoms with Crippen molar-refractivity contribution < 1.29 is 0 Å². The Morgan fingerprint density at radius 2 is 1.69 bits per heavy atom. The van der Waals surface area contributed by atoms with Gasteiger partial charge in [0.2, 0.25) is 0 Å². The lowest BCUT2D eigenvalue weighted by molar-refractivity contribution is 0.815. The van der Waals surface area contributed by atoms with Crippen molar-refractivity contribution in [2.24, 2.45) is 0 Å². The van der Waals surface area contributed by atoms with E-state index in [0.29, 0.717) is 0 Å².